The maximum absolute atomic E-state index is 13.4. The van der Waals surface area contributed by atoms with Gasteiger partial charge in [0.1, 0.15) is 0 Å². The van der Waals surface area contributed by atoms with Gasteiger partial charge in [0, 0.05) is 25.7 Å². The third-order valence-corrected chi connectivity index (χ3v) is 3.47. The molecule has 1 aliphatic carbocycles. The Morgan fingerprint density at radius 1 is 1.47 bits per heavy atom. The molecule has 94 valence electrons. The van der Waals surface area contributed by atoms with E-state index in [2.05, 4.69) is 4.90 Å². The van der Waals surface area contributed by atoms with Gasteiger partial charge in [0.05, 0.1) is 18.5 Å². The zero-order valence-corrected chi connectivity index (χ0v) is 10.4. The Hall–Kier alpha value is -1.45. The molecule has 1 aromatic carbocycles. The Bertz CT molecular complexity index is 405. The average molecular weight is 238 g/mol. The minimum Gasteiger partial charge on any atom is -0.494 e. The van der Waals surface area contributed by atoms with Crippen LogP contribution in [-0.4, -0.2) is 20.7 Å². The van der Waals surface area contributed by atoms with Gasteiger partial charge in [0.15, 0.2) is 11.6 Å². The van der Waals surface area contributed by atoms with E-state index in [1.807, 2.05) is 7.05 Å². The SMILES string of the molecule is COc1cc(N(C)CC2CCC2)c(N)cc1F. The summed E-state index contributed by atoms with van der Waals surface area (Å²) < 4.78 is 18.4. The second-order valence-corrected chi connectivity index (χ2v) is 4.72. The third-order valence-electron chi connectivity index (χ3n) is 3.47. The Labute approximate surface area is 101 Å². The molecule has 17 heavy (non-hydrogen) atoms. The maximum atomic E-state index is 13.4. The first-order valence-corrected chi connectivity index (χ1v) is 5.96. The van der Waals surface area contributed by atoms with Gasteiger partial charge in [-0.25, -0.2) is 4.39 Å². The van der Waals surface area contributed by atoms with Gasteiger partial charge in [-0.1, -0.05) is 6.42 Å². The van der Waals surface area contributed by atoms with Gasteiger partial charge in [-0.05, 0) is 18.8 Å². The van der Waals surface area contributed by atoms with Gasteiger partial charge in [-0.15, -0.1) is 0 Å². The number of hydrogen-bond donors (Lipinski definition) is 1. The number of nitrogens with two attached hydrogens (primary N) is 1. The lowest BCUT2D eigenvalue weighted by molar-refractivity contribution is 0.321. The van der Waals surface area contributed by atoms with Gasteiger partial charge in [-0.2, -0.15) is 0 Å². The highest BCUT2D eigenvalue weighted by Gasteiger charge is 2.20. The number of ether oxygens (including phenoxy) is 1. The summed E-state index contributed by atoms with van der Waals surface area (Å²) in [7, 11) is 3.45. The number of methoxy groups -OCH3 is 1. The van der Waals surface area contributed by atoms with E-state index in [1.165, 1.54) is 32.4 Å². The molecule has 1 fully saturated rings. The van der Waals surface area contributed by atoms with E-state index in [-0.39, 0.29) is 5.75 Å². The number of rotatable bonds is 4. The number of halogens is 1. The normalized spacial score (nSPS) is 15.5. The summed E-state index contributed by atoms with van der Waals surface area (Å²) in [5.74, 6) is 0.580. The van der Waals surface area contributed by atoms with Gasteiger partial charge >= 0.3 is 0 Å². The highest BCUT2D eigenvalue weighted by Crippen LogP contribution is 2.33. The minimum absolute atomic E-state index is 0.245. The quantitative estimate of drug-likeness (QED) is 0.819. The highest BCUT2D eigenvalue weighted by molar-refractivity contribution is 5.69. The number of anilines is 2. The molecule has 0 radical (unpaired) electrons. The van der Waals surface area contributed by atoms with E-state index in [4.69, 9.17) is 10.5 Å². The molecule has 0 atom stereocenters. The van der Waals surface area contributed by atoms with Crippen molar-refractivity contribution in [3.05, 3.63) is 17.9 Å². The van der Waals surface area contributed by atoms with E-state index in [0.717, 1.165) is 18.2 Å². The van der Waals surface area contributed by atoms with Crippen molar-refractivity contribution in [2.45, 2.75) is 19.3 Å². The van der Waals surface area contributed by atoms with Crippen molar-refractivity contribution in [2.75, 3.05) is 31.3 Å². The fourth-order valence-corrected chi connectivity index (χ4v) is 2.21. The van der Waals surface area contributed by atoms with Crippen LogP contribution < -0.4 is 15.4 Å². The molecular weight excluding hydrogens is 219 g/mol. The topological polar surface area (TPSA) is 38.5 Å². The summed E-state index contributed by atoms with van der Waals surface area (Å²) in [6, 6.07) is 2.99. The maximum Gasteiger partial charge on any atom is 0.167 e. The minimum atomic E-state index is -0.411. The Balaban J connectivity index is 2.17. The van der Waals surface area contributed by atoms with E-state index < -0.39 is 5.82 Å². The van der Waals surface area contributed by atoms with Gasteiger partial charge < -0.3 is 15.4 Å². The summed E-state index contributed by atoms with van der Waals surface area (Å²) in [5.41, 5.74) is 7.15. The summed E-state index contributed by atoms with van der Waals surface area (Å²) in [6.45, 7) is 0.971. The molecular formula is C13H19FN2O. The average Bonchev–Trinajstić information content (AvgIpc) is 2.23. The zero-order valence-electron chi connectivity index (χ0n) is 10.4. The monoisotopic (exact) mass is 238 g/mol. The number of nitrogens with zero attached hydrogens (tertiary/aromatic N) is 1. The van der Waals surface area contributed by atoms with Gasteiger partial charge in [-0.3, -0.25) is 0 Å². The van der Waals surface area contributed by atoms with Crippen LogP contribution in [-0.2, 0) is 0 Å². The molecule has 1 saturated carbocycles. The number of benzene rings is 1. The molecule has 3 nitrogen and oxygen atoms in total. The first kappa shape index (κ1) is 12.0. The zero-order chi connectivity index (χ0) is 12.4. The first-order valence-electron chi connectivity index (χ1n) is 5.96. The molecule has 0 unspecified atom stereocenters. The fourth-order valence-electron chi connectivity index (χ4n) is 2.21. The van der Waals surface area contributed by atoms with Crippen molar-refractivity contribution in [3.63, 3.8) is 0 Å². The van der Waals surface area contributed by atoms with Crippen LogP contribution in [0, 0.1) is 11.7 Å². The largest absolute Gasteiger partial charge is 0.494 e. The molecule has 0 aliphatic heterocycles. The number of nitrogen functional groups attached to an aromatic ring is 1. The summed E-state index contributed by atoms with van der Waals surface area (Å²) in [6.07, 6.45) is 3.88. The molecule has 0 bridgehead atoms. The molecule has 2 rings (SSSR count). The van der Waals surface area contributed by atoms with Crippen LogP contribution in [0.5, 0.6) is 5.75 Å². The van der Waals surface area contributed by atoms with Crippen LogP contribution in [0.1, 0.15) is 19.3 Å². The van der Waals surface area contributed by atoms with E-state index in [0.29, 0.717) is 5.69 Å². The van der Waals surface area contributed by atoms with Crippen LogP contribution in [0.15, 0.2) is 12.1 Å². The summed E-state index contributed by atoms with van der Waals surface area (Å²) in [4.78, 5) is 2.08. The van der Waals surface area contributed by atoms with Crippen molar-refractivity contribution in [1.82, 2.24) is 0 Å². The standard InChI is InChI=1S/C13H19FN2O/c1-16(8-9-4-3-5-9)12-7-13(17-2)10(14)6-11(12)15/h6-7,9H,3-5,8,15H2,1-2H3. The van der Waals surface area contributed by atoms with Crippen molar-refractivity contribution in [1.29, 1.82) is 0 Å². The molecule has 1 aliphatic rings. The van der Waals surface area contributed by atoms with Gasteiger partial charge in [0.2, 0.25) is 0 Å². The van der Waals surface area contributed by atoms with Crippen molar-refractivity contribution in [3.8, 4) is 5.75 Å². The van der Waals surface area contributed by atoms with E-state index >= 15 is 0 Å². The predicted molar refractivity (Wildman–Crippen MR) is 68.0 cm³/mol. The first-order chi connectivity index (χ1) is 8.11. The van der Waals surface area contributed by atoms with Crippen LogP contribution >= 0.6 is 0 Å². The lowest BCUT2D eigenvalue weighted by Gasteiger charge is -2.32. The van der Waals surface area contributed by atoms with Crippen LogP contribution in [0.2, 0.25) is 0 Å². The Kier molecular flexibility index (Phi) is 3.41. The summed E-state index contributed by atoms with van der Waals surface area (Å²) >= 11 is 0. The second kappa shape index (κ2) is 4.82. The van der Waals surface area contributed by atoms with Gasteiger partial charge in [0.25, 0.3) is 0 Å². The third kappa shape index (κ3) is 2.46. The lowest BCUT2D eigenvalue weighted by Crippen LogP contribution is -2.29. The molecule has 1 aromatic rings. The van der Waals surface area contributed by atoms with Crippen LogP contribution in [0.25, 0.3) is 0 Å². The Morgan fingerprint density at radius 3 is 2.71 bits per heavy atom. The van der Waals surface area contributed by atoms with E-state index in [9.17, 15) is 4.39 Å². The van der Waals surface area contributed by atoms with Crippen LogP contribution in [0.4, 0.5) is 15.8 Å². The molecule has 0 spiro atoms. The van der Waals surface area contributed by atoms with Crippen molar-refractivity contribution >= 4 is 11.4 Å². The fraction of sp³-hybridized carbons (Fsp3) is 0.538. The Morgan fingerprint density at radius 2 is 2.18 bits per heavy atom. The molecule has 0 heterocycles. The highest BCUT2D eigenvalue weighted by atomic mass is 19.1. The molecule has 0 amide bonds. The van der Waals surface area contributed by atoms with Crippen molar-refractivity contribution < 1.29 is 9.13 Å². The molecule has 2 N–H and O–H groups in total. The molecule has 4 heteroatoms. The number of hydrogen-bond acceptors (Lipinski definition) is 3. The predicted octanol–water partition coefficient (Wildman–Crippen LogP) is 2.65. The van der Waals surface area contributed by atoms with Crippen LogP contribution in [0.3, 0.4) is 0 Å². The van der Waals surface area contributed by atoms with Crippen molar-refractivity contribution in [2.24, 2.45) is 5.92 Å². The molecule has 0 saturated heterocycles. The van der Waals surface area contributed by atoms with E-state index in [1.54, 1.807) is 6.07 Å². The summed E-state index contributed by atoms with van der Waals surface area (Å²) in [5, 5.41) is 0. The lowest BCUT2D eigenvalue weighted by atomic mass is 9.85. The molecule has 0 aromatic heterocycles. The smallest absolute Gasteiger partial charge is 0.167 e. The second-order valence-electron chi connectivity index (χ2n) is 4.72.